The average Bonchev–Trinajstić information content (AvgIpc) is 2.46. The molecule has 1 fully saturated rings. The molecule has 1 aromatic rings. The molecule has 5 nitrogen and oxygen atoms in total. The summed E-state index contributed by atoms with van der Waals surface area (Å²) in [4.78, 5) is 2.24. The van der Waals surface area contributed by atoms with E-state index in [2.05, 4.69) is 11.0 Å². The van der Waals surface area contributed by atoms with E-state index in [1.54, 1.807) is 6.07 Å². The Morgan fingerprint density at radius 2 is 2.16 bits per heavy atom. The second kappa shape index (κ2) is 6.41. The van der Waals surface area contributed by atoms with Crippen molar-refractivity contribution in [2.24, 2.45) is 0 Å². The first-order chi connectivity index (χ1) is 9.24. The largest absolute Gasteiger partial charge is 0.398 e. The highest BCUT2D eigenvalue weighted by Crippen LogP contribution is 2.24. The Labute approximate surface area is 113 Å². The zero-order chi connectivity index (χ0) is 13.7. The molecule has 1 heterocycles. The van der Waals surface area contributed by atoms with Gasteiger partial charge < -0.3 is 20.5 Å². The highest BCUT2D eigenvalue weighted by Gasteiger charge is 2.20. The molecule has 5 heteroatoms. The van der Waals surface area contributed by atoms with Gasteiger partial charge in [-0.25, -0.2) is 0 Å². The number of aliphatic hydroxyl groups excluding tert-OH is 1. The van der Waals surface area contributed by atoms with Crippen LogP contribution in [0.15, 0.2) is 18.2 Å². The molecule has 102 valence electrons. The SMILES string of the molecule is N#Cc1cc(N2CCC(OCCO)CC2)ccc1N. The molecule has 0 amide bonds. The van der Waals surface area contributed by atoms with Gasteiger partial charge in [-0.1, -0.05) is 0 Å². The van der Waals surface area contributed by atoms with Crippen molar-refractivity contribution in [3.05, 3.63) is 23.8 Å². The summed E-state index contributed by atoms with van der Waals surface area (Å²) in [5.74, 6) is 0. The van der Waals surface area contributed by atoms with Gasteiger partial charge in [0.15, 0.2) is 0 Å². The standard InChI is InChI=1S/C14H19N3O2/c15-10-11-9-12(1-2-14(11)16)17-5-3-13(4-6-17)19-8-7-18/h1-2,9,13,18H,3-8,16H2. The van der Waals surface area contributed by atoms with E-state index in [4.69, 9.17) is 20.8 Å². The summed E-state index contributed by atoms with van der Waals surface area (Å²) in [6, 6.07) is 7.67. The molecule has 0 bridgehead atoms. The third kappa shape index (κ3) is 3.37. The number of benzene rings is 1. The molecule has 0 spiro atoms. The second-order valence-electron chi connectivity index (χ2n) is 4.66. The van der Waals surface area contributed by atoms with Crippen LogP contribution in [0.1, 0.15) is 18.4 Å². The van der Waals surface area contributed by atoms with Crippen LogP contribution in [0, 0.1) is 11.3 Å². The first-order valence-electron chi connectivity index (χ1n) is 6.51. The number of anilines is 2. The zero-order valence-corrected chi connectivity index (χ0v) is 10.9. The number of aliphatic hydroxyl groups is 1. The quantitative estimate of drug-likeness (QED) is 0.794. The number of hydrogen-bond acceptors (Lipinski definition) is 5. The van der Waals surface area contributed by atoms with Gasteiger partial charge >= 0.3 is 0 Å². The minimum atomic E-state index is 0.0731. The molecule has 1 saturated heterocycles. The first-order valence-corrected chi connectivity index (χ1v) is 6.51. The molecular formula is C14H19N3O2. The molecule has 0 saturated carbocycles. The van der Waals surface area contributed by atoms with Crippen LogP contribution in [0.25, 0.3) is 0 Å². The summed E-state index contributed by atoms with van der Waals surface area (Å²) in [6.07, 6.45) is 2.10. The van der Waals surface area contributed by atoms with E-state index in [1.807, 2.05) is 12.1 Å². The summed E-state index contributed by atoms with van der Waals surface area (Å²) in [7, 11) is 0. The maximum absolute atomic E-state index is 8.99. The van der Waals surface area contributed by atoms with E-state index in [9.17, 15) is 0 Å². The molecule has 0 aromatic heterocycles. The first kappa shape index (κ1) is 13.7. The summed E-state index contributed by atoms with van der Waals surface area (Å²) >= 11 is 0. The Bertz CT molecular complexity index is 462. The highest BCUT2D eigenvalue weighted by molar-refractivity contribution is 5.62. The van der Waals surface area contributed by atoms with Gasteiger partial charge in [-0.2, -0.15) is 5.26 Å². The van der Waals surface area contributed by atoms with E-state index < -0.39 is 0 Å². The number of nitrogens with two attached hydrogens (primary N) is 1. The monoisotopic (exact) mass is 261 g/mol. The van der Waals surface area contributed by atoms with E-state index in [0.29, 0.717) is 17.9 Å². The normalized spacial score (nSPS) is 16.3. The van der Waals surface area contributed by atoms with E-state index in [0.717, 1.165) is 31.6 Å². The number of nitriles is 1. The van der Waals surface area contributed by atoms with Crippen LogP contribution in [0.5, 0.6) is 0 Å². The fourth-order valence-corrected chi connectivity index (χ4v) is 2.34. The molecule has 2 rings (SSSR count). The molecule has 3 N–H and O–H groups in total. The predicted octanol–water partition coefficient (Wildman–Crippen LogP) is 1.12. The molecule has 0 aliphatic carbocycles. The Kier molecular flexibility index (Phi) is 4.61. The summed E-state index contributed by atoms with van der Waals surface area (Å²) in [5.41, 5.74) is 7.80. The zero-order valence-electron chi connectivity index (χ0n) is 10.9. The van der Waals surface area contributed by atoms with E-state index >= 15 is 0 Å². The average molecular weight is 261 g/mol. The van der Waals surface area contributed by atoms with Gasteiger partial charge in [0.05, 0.1) is 24.9 Å². The lowest BCUT2D eigenvalue weighted by Gasteiger charge is -2.33. The fourth-order valence-electron chi connectivity index (χ4n) is 2.34. The molecule has 19 heavy (non-hydrogen) atoms. The lowest BCUT2D eigenvalue weighted by Crippen LogP contribution is -2.37. The molecule has 0 atom stereocenters. The molecular weight excluding hydrogens is 242 g/mol. The third-order valence-electron chi connectivity index (χ3n) is 3.41. The number of hydrogen-bond donors (Lipinski definition) is 2. The van der Waals surface area contributed by atoms with Crippen LogP contribution in [-0.4, -0.2) is 37.5 Å². The lowest BCUT2D eigenvalue weighted by atomic mass is 10.1. The Balaban J connectivity index is 1.96. The smallest absolute Gasteiger partial charge is 0.101 e. The maximum atomic E-state index is 8.99. The molecule has 0 radical (unpaired) electrons. The molecule has 1 aliphatic rings. The van der Waals surface area contributed by atoms with Gasteiger partial charge in [0.1, 0.15) is 6.07 Å². The predicted molar refractivity (Wildman–Crippen MR) is 73.8 cm³/mol. The number of nitrogens with zero attached hydrogens (tertiary/aromatic N) is 2. The number of rotatable bonds is 4. The van der Waals surface area contributed by atoms with Crippen molar-refractivity contribution >= 4 is 11.4 Å². The van der Waals surface area contributed by atoms with Gasteiger partial charge in [-0.3, -0.25) is 0 Å². The topological polar surface area (TPSA) is 82.5 Å². The number of piperidine rings is 1. The van der Waals surface area contributed by atoms with Crippen LogP contribution in [0.4, 0.5) is 11.4 Å². The van der Waals surface area contributed by atoms with E-state index in [-0.39, 0.29) is 12.7 Å². The lowest BCUT2D eigenvalue weighted by molar-refractivity contribution is 0.0159. The highest BCUT2D eigenvalue weighted by atomic mass is 16.5. The van der Waals surface area contributed by atoms with Crippen LogP contribution in [0.3, 0.4) is 0 Å². The van der Waals surface area contributed by atoms with Crippen molar-refractivity contribution in [2.75, 3.05) is 36.9 Å². The summed E-state index contributed by atoms with van der Waals surface area (Å²) in [5, 5.41) is 17.7. The van der Waals surface area contributed by atoms with Crippen molar-refractivity contribution in [3.63, 3.8) is 0 Å². The van der Waals surface area contributed by atoms with E-state index in [1.165, 1.54) is 0 Å². The molecule has 1 aliphatic heterocycles. The minimum Gasteiger partial charge on any atom is -0.398 e. The Morgan fingerprint density at radius 1 is 1.42 bits per heavy atom. The number of ether oxygens (including phenoxy) is 1. The van der Waals surface area contributed by atoms with Gasteiger partial charge in [0, 0.05) is 24.5 Å². The summed E-state index contributed by atoms with van der Waals surface area (Å²) < 4.78 is 5.53. The van der Waals surface area contributed by atoms with Crippen molar-refractivity contribution in [3.8, 4) is 6.07 Å². The van der Waals surface area contributed by atoms with Crippen LogP contribution in [0.2, 0.25) is 0 Å². The van der Waals surface area contributed by atoms with Gasteiger partial charge in [0.2, 0.25) is 0 Å². The van der Waals surface area contributed by atoms with Crippen molar-refractivity contribution < 1.29 is 9.84 Å². The Morgan fingerprint density at radius 3 is 2.79 bits per heavy atom. The third-order valence-corrected chi connectivity index (χ3v) is 3.41. The van der Waals surface area contributed by atoms with Crippen LogP contribution in [-0.2, 0) is 4.74 Å². The van der Waals surface area contributed by atoms with Gasteiger partial charge in [0.25, 0.3) is 0 Å². The minimum absolute atomic E-state index is 0.0731. The van der Waals surface area contributed by atoms with Gasteiger partial charge in [-0.05, 0) is 31.0 Å². The second-order valence-corrected chi connectivity index (χ2v) is 4.66. The van der Waals surface area contributed by atoms with Crippen LogP contribution < -0.4 is 10.6 Å². The van der Waals surface area contributed by atoms with Crippen molar-refractivity contribution in [2.45, 2.75) is 18.9 Å². The molecule has 0 unspecified atom stereocenters. The van der Waals surface area contributed by atoms with Gasteiger partial charge in [-0.15, -0.1) is 0 Å². The fraction of sp³-hybridized carbons (Fsp3) is 0.500. The molecule has 1 aromatic carbocycles. The maximum Gasteiger partial charge on any atom is 0.101 e. The van der Waals surface area contributed by atoms with Crippen molar-refractivity contribution in [1.29, 1.82) is 5.26 Å². The van der Waals surface area contributed by atoms with Crippen LogP contribution >= 0.6 is 0 Å². The number of nitrogen functional groups attached to an aromatic ring is 1. The van der Waals surface area contributed by atoms with Crippen molar-refractivity contribution in [1.82, 2.24) is 0 Å². The summed E-state index contributed by atoms with van der Waals surface area (Å²) in [6.45, 7) is 2.27. The Hall–Kier alpha value is -1.77.